The maximum Gasteiger partial charge on any atom is 0.166 e. The van der Waals surface area contributed by atoms with Crippen molar-refractivity contribution in [2.45, 2.75) is 13.0 Å². The Kier molecular flexibility index (Phi) is 3.55. The maximum atomic E-state index is 12.2. The standard InChI is InChI=1S/C20H19N3OS/c24-18-8-9-23-19-16(18)2-1-3-17(19)21-20(23)14-4-6-15(7-5-14)22-10-12-25-13-11-22/h1-7H,8-13H2. The van der Waals surface area contributed by atoms with Crippen molar-refractivity contribution in [2.75, 3.05) is 29.5 Å². The van der Waals surface area contributed by atoms with Crippen molar-refractivity contribution in [1.82, 2.24) is 9.55 Å². The Morgan fingerprint density at radius 2 is 1.76 bits per heavy atom. The number of aromatic nitrogens is 2. The molecule has 126 valence electrons. The first kappa shape index (κ1) is 15.0. The van der Waals surface area contributed by atoms with Crippen LogP contribution in [0.5, 0.6) is 0 Å². The molecule has 0 unspecified atom stereocenters. The lowest BCUT2D eigenvalue weighted by Crippen LogP contribution is -2.32. The molecule has 25 heavy (non-hydrogen) atoms. The Labute approximate surface area is 150 Å². The van der Waals surface area contributed by atoms with E-state index in [2.05, 4.69) is 33.7 Å². The molecule has 5 heteroatoms. The maximum absolute atomic E-state index is 12.2. The summed E-state index contributed by atoms with van der Waals surface area (Å²) in [5.41, 5.74) is 5.12. The van der Waals surface area contributed by atoms with Crippen LogP contribution in [0.25, 0.3) is 22.4 Å². The van der Waals surface area contributed by atoms with Crippen LogP contribution < -0.4 is 4.90 Å². The first-order chi connectivity index (χ1) is 12.3. The highest BCUT2D eigenvalue weighted by atomic mass is 32.2. The van der Waals surface area contributed by atoms with Crippen LogP contribution in [0.1, 0.15) is 16.8 Å². The van der Waals surface area contributed by atoms with Gasteiger partial charge in [-0.15, -0.1) is 0 Å². The zero-order chi connectivity index (χ0) is 16.8. The van der Waals surface area contributed by atoms with Gasteiger partial charge in [-0.3, -0.25) is 4.79 Å². The summed E-state index contributed by atoms with van der Waals surface area (Å²) in [7, 11) is 0. The fourth-order valence-electron chi connectivity index (χ4n) is 3.84. The van der Waals surface area contributed by atoms with Crippen LogP contribution >= 0.6 is 11.8 Å². The molecule has 3 aromatic rings. The molecule has 1 aromatic heterocycles. The Hall–Kier alpha value is -2.27. The van der Waals surface area contributed by atoms with E-state index in [4.69, 9.17) is 4.98 Å². The van der Waals surface area contributed by atoms with Crippen LogP contribution in [-0.2, 0) is 6.54 Å². The smallest absolute Gasteiger partial charge is 0.166 e. The molecule has 0 spiro atoms. The molecule has 0 radical (unpaired) electrons. The number of hydrogen-bond donors (Lipinski definition) is 0. The number of thioether (sulfide) groups is 1. The minimum atomic E-state index is 0.225. The summed E-state index contributed by atoms with van der Waals surface area (Å²) in [5, 5.41) is 0. The van der Waals surface area contributed by atoms with Gasteiger partial charge in [-0.05, 0) is 36.4 Å². The number of carbonyl (C=O) groups excluding carboxylic acids is 1. The van der Waals surface area contributed by atoms with Gasteiger partial charge in [0.15, 0.2) is 5.78 Å². The average molecular weight is 349 g/mol. The Bertz CT molecular complexity index is 955. The SMILES string of the molecule is O=C1CCn2c(-c3ccc(N4CCSCC4)cc3)nc3cccc1c32. The van der Waals surface area contributed by atoms with Crippen molar-refractivity contribution < 1.29 is 4.79 Å². The molecular weight excluding hydrogens is 330 g/mol. The van der Waals surface area contributed by atoms with E-state index in [1.807, 2.05) is 30.0 Å². The summed E-state index contributed by atoms with van der Waals surface area (Å²) in [6, 6.07) is 14.6. The molecule has 0 bridgehead atoms. The second kappa shape index (κ2) is 5.92. The lowest BCUT2D eigenvalue weighted by Gasteiger charge is -2.28. The van der Waals surface area contributed by atoms with Gasteiger partial charge in [-0.2, -0.15) is 11.8 Å². The molecule has 1 saturated heterocycles. The zero-order valence-corrected chi connectivity index (χ0v) is 14.8. The zero-order valence-electron chi connectivity index (χ0n) is 13.9. The molecule has 2 aliphatic heterocycles. The Morgan fingerprint density at radius 1 is 0.960 bits per heavy atom. The van der Waals surface area contributed by atoms with Crippen LogP contribution in [0.15, 0.2) is 42.5 Å². The number of ketones is 1. The van der Waals surface area contributed by atoms with Gasteiger partial charge < -0.3 is 9.47 Å². The largest absolute Gasteiger partial charge is 0.370 e. The minimum Gasteiger partial charge on any atom is -0.370 e. The van der Waals surface area contributed by atoms with Crippen molar-refractivity contribution in [2.24, 2.45) is 0 Å². The first-order valence-electron chi connectivity index (χ1n) is 8.77. The van der Waals surface area contributed by atoms with Gasteiger partial charge in [0.25, 0.3) is 0 Å². The van der Waals surface area contributed by atoms with E-state index in [0.717, 1.165) is 41.1 Å². The van der Waals surface area contributed by atoms with E-state index in [1.165, 1.54) is 17.2 Å². The van der Waals surface area contributed by atoms with Crippen molar-refractivity contribution in [3.05, 3.63) is 48.0 Å². The summed E-state index contributed by atoms with van der Waals surface area (Å²) >= 11 is 2.03. The second-order valence-electron chi connectivity index (χ2n) is 6.58. The number of hydrogen-bond acceptors (Lipinski definition) is 4. The van der Waals surface area contributed by atoms with Gasteiger partial charge in [0.1, 0.15) is 5.82 Å². The number of benzene rings is 2. The van der Waals surface area contributed by atoms with Gasteiger partial charge in [-0.25, -0.2) is 4.98 Å². The molecule has 4 nitrogen and oxygen atoms in total. The molecule has 0 amide bonds. The van der Waals surface area contributed by atoms with Gasteiger partial charge in [0.05, 0.1) is 11.0 Å². The summed E-state index contributed by atoms with van der Waals surface area (Å²) in [5.74, 6) is 3.60. The van der Waals surface area contributed by atoms with Gasteiger partial charge in [-0.1, -0.05) is 6.07 Å². The molecule has 2 aromatic carbocycles. The molecule has 0 aliphatic carbocycles. The summed E-state index contributed by atoms with van der Waals surface area (Å²) in [6.07, 6.45) is 0.555. The first-order valence-corrected chi connectivity index (χ1v) is 9.92. The predicted octanol–water partition coefficient (Wildman–Crippen LogP) is 3.84. The third-order valence-electron chi connectivity index (χ3n) is 5.13. The van der Waals surface area contributed by atoms with E-state index in [0.29, 0.717) is 13.0 Å². The highest BCUT2D eigenvalue weighted by Gasteiger charge is 2.23. The minimum absolute atomic E-state index is 0.225. The lowest BCUT2D eigenvalue weighted by molar-refractivity contribution is 0.0973. The van der Waals surface area contributed by atoms with E-state index < -0.39 is 0 Å². The number of rotatable bonds is 2. The molecule has 2 aliphatic rings. The number of imidazole rings is 1. The number of nitrogens with zero attached hydrogens (tertiary/aromatic N) is 3. The van der Waals surface area contributed by atoms with Crippen LogP contribution in [0.2, 0.25) is 0 Å². The van der Waals surface area contributed by atoms with Crippen molar-refractivity contribution in [3.8, 4) is 11.4 Å². The Balaban J connectivity index is 1.57. The third-order valence-corrected chi connectivity index (χ3v) is 6.07. The highest BCUT2D eigenvalue weighted by molar-refractivity contribution is 7.99. The van der Waals surface area contributed by atoms with E-state index >= 15 is 0 Å². The molecule has 1 fully saturated rings. The third kappa shape index (κ3) is 2.45. The number of carbonyl (C=O) groups is 1. The van der Waals surface area contributed by atoms with E-state index in [9.17, 15) is 4.79 Å². The monoisotopic (exact) mass is 349 g/mol. The van der Waals surface area contributed by atoms with Crippen LogP contribution in [0, 0.1) is 0 Å². The predicted molar refractivity (Wildman–Crippen MR) is 104 cm³/mol. The topological polar surface area (TPSA) is 38.1 Å². The number of para-hydroxylation sites is 1. The Morgan fingerprint density at radius 3 is 2.56 bits per heavy atom. The normalized spacial score (nSPS) is 17.3. The van der Waals surface area contributed by atoms with Crippen LogP contribution in [0.3, 0.4) is 0 Å². The van der Waals surface area contributed by atoms with Gasteiger partial charge >= 0.3 is 0 Å². The molecule has 0 N–H and O–H groups in total. The summed E-state index contributed by atoms with van der Waals surface area (Å²) in [6.45, 7) is 2.95. The second-order valence-corrected chi connectivity index (χ2v) is 7.80. The van der Waals surface area contributed by atoms with Crippen molar-refractivity contribution in [1.29, 1.82) is 0 Å². The highest BCUT2D eigenvalue weighted by Crippen LogP contribution is 2.32. The number of anilines is 1. The van der Waals surface area contributed by atoms with Crippen molar-refractivity contribution in [3.63, 3.8) is 0 Å². The molecule has 0 atom stereocenters. The fourth-order valence-corrected chi connectivity index (χ4v) is 4.74. The summed E-state index contributed by atoms with van der Waals surface area (Å²) in [4.78, 5) is 19.5. The van der Waals surface area contributed by atoms with Crippen molar-refractivity contribution >= 4 is 34.3 Å². The molecular formula is C20H19N3OS. The lowest BCUT2D eigenvalue weighted by atomic mass is 10.0. The quantitative estimate of drug-likeness (QED) is 0.704. The molecule has 5 rings (SSSR count). The average Bonchev–Trinajstić information content (AvgIpc) is 3.05. The molecule has 3 heterocycles. The van der Waals surface area contributed by atoms with E-state index in [-0.39, 0.29) is 5.78 Å². The van der Waals surface area contributed by atoms with Gasteiger partial charge in [0, 0.05) is 54.4 Å². The molecule has 0 saturated carbocycles. The van der Waals surface area contributed by atoms with Crippen LogP contribution in [0.4, 0.5) is 5.69 Å². The van der Waals surface area contributed by atoms with Crippen LogP contribution in [-0.4, -0.2) is 39.9 Å². The number of Topliss-reactive ketones (excluding diaryl/α,β-unsaturated/α-hetero) is 1. The van der Waals surface area contributed by atoms with E-state index in [1.54, 1.807) is 0 Å². The summed E-state index contributed by atoms with van der Waals surface area (Å²) < 4.78 is 2.21. The fraction of sp³-hybridized carbons (Fsp3) is 0.300. The number of aryl methyl sites for hydroxylation is 1. The van der Waals surface area contributed by atoms with Gasteiger partial charge in [0.2, 0.25) is 0 Å².